The average Bonchev–Trinajstić information content (AvgIpc) is 2.22. The highest BCUT2D eigenvalue weighted by atomic mass is 32.1. The number of hydrogen-bond donors (Lipinski definition) is 2. The van der Waals surface area contributed by atoms with Crippen molar-refractivity contribution in [3.05, 3.63) is 28.3 Å². The lowest BCUT2D eigenvalue weighted by atomic mass is 9.98. The lowest BCUT2D eigenvalue weighted by Crippen LogP contribution is -2.14. The van der Waals surface area contributed by atoms with Crippen LogP contribution in [0.5, 0.6) is 0 Å². The number of carbonyl (C=O) groups excluding carboxylic acids is 1. The zero-order chi connectivity index (χ0) is 12.3. The summed E-state index contributed by atoms with van der Waals surface area (Å²) in [5, 5.41) is 2.97. The van der Waals surface area contributed by atoms with E-state index in [0.29, 0.717) is 12.2 Å². The quantitative estimate of drug-likeness (QED) is 0.777. The molecule has 0 spiro atoms. The lowest BCUT2D eigenvalue weighted by molar-refractivity contribution is -0.115. The first-order valence-corrected chi connectivity index (χ1v) is 6.08. The highest BCUT2D eigenvalue weighted by Gasteiger charge is 2.10. The van der Waals surface area contributed by atoms with E-state index in [1.54, 1.807) is 0 Å². The van der Waals surface area contributed by atoms with E-state index in [0.717, 1.165) is 16.8 Å². The molecule has 0 fully saturated rings. The highest BCUT2D eigenvalue weighted by molar-refractivity contribution is 7.80. The minimum atomic E-state index is 0.0335. The van der Waals surface area contributed by atoms with Crippen LogP contribution in [0.15, 0.2) is 6.07 Å². The van der Waals surface area contributed by atoms with E-state index in [1.165, 1.54) is 11.1 Å². The molecule has 0 saturated carbocycles. The molecule has 0 heterocycles. The first-order chi connectivity index (χ1) is 7.47. The van der Waals surface area contributed by atoms with Gasteiger partial charge in [-0.05, 0) is 55.7 Å². The maximum atomic E-state index is 11.6. The van der Waals surface area contributed by atoms with Crippen LogP contribution < -0.4 is 5.32 Å². The van der Waals surface area contributed by atoms with Crippen molar-refractivity contribution in [3.8, 4) is 0 Å². The smallest absolute Gasteiger partial charge is 0.225 e. The summed E-state index contributed by atoms with van der Waals surface area (Å²) in [5.41, 5.74) is 5.68. The second kappa shape index (κ2) is 5.39. The Kier molecular flexibility index (Phi) is 4.42. The molecule has 3 heteroatoms. The number of carbonyl (C=O) groups is 1. The van der Waals surface area contributed by atoms with E-state index in [-0.39, 0.29) is 5.91 Å². The van der Waals surface area contributed by atoms with E-state index >= 15 is 0 Å². The van der Waals surface area contributed by atoms with Crippen molar-refractivity contribution in [3.63, 3.8) is 0 Å². The van der Waals surface area contributed by atoms with Gasteiger partial charge in [0.15, 0.2) is 0 Å². The largest absolute Gasteiger partial charge is 0.326 e. The molecule has 1 N–H and O–H groups in total. The van der Waals surface area contributed by atoms with Crippen LogP contribution in [-0.2, 0) is 4.79 Å². The SMILES string of the molecule is Cc1cc(C)c(C)c(NC(=O)CCS)c1C. The molecule has 0 bridgehead atoms. The van der Waals surface area contributed by atoms with Crippen LogP contribution in [0.1, 0.15) is 28.7 Å². The normalized spacial score (nSPS) is 10.3. The maximum Gasteiger partial charge on any atom is 0.225 e. The number of anilines is 1. The zero-order valence-corrected chi connectivity index (χ0v) is 11.2. The molecule has 0 aliphatic rings. The molecule has 1 aromatic rings. The summed E-state index contributed by atoms with van der Waals surface area (Å²) in [6.45, 7) is 8.21. The van der Waals surface area contributed by atoms with Crippen LogP contribution in [0.2, 0.25) is 0 Å². The zero-order valence-electron chi connectivity index (χ0n) is 10.3. The van der Waals surface area contributed by atoms with Crippen molar-refractivity contribution in [2.45, 2.75) is 34.1 Å². The van der Waals surface area contributed by atoms with Crippen LogP contribution in [0.25, 0.3) is 0 Å². The average molecular weight is 237 g/mol. The molecule has 1 aromatic carbocycles. The summed E-state index contributed by atoms with van der Waals surface area (Å²) in [4.78, 5) is 11.6. The van der Waals surface area contributed by atoms with E-state index < -0.39 is 0 Å². The summed E-state index contributed by atoms with van der Waals surface area (Å²) < 4.78 is 0. The van der Waals surface area contributed by atoms with E-state index in [9.17, 15) is 4.79 Å². The van der Waals surface area contributed by atoms with Gasteiger partial charge in [-0.2, -0.15) is 12.6 Å². The Morgan fingerprint density at radius 3 is 2.12 bits per heavy atom. The molecule has 0 atom stereocenters. The molecule has 1 rings (SSSR count). The molecule has 0 aromatic heterocycles. The number of nitrogens with one attached hydrogen (secondary N) is 1. The van der Waals surface area contributed by atoms with Gasteiger partial charge in [0.25, 0.3) is 0 Å². The number of amides is 1. The summed E-state index contributed by atoms with van der Waals surface area (Å²) in [6.07, 6.45) is 0.453. The fraction of sp³-hybridized carbons (Fsp3) is 0.462. The van der Waals surface area contributed by atoms with Crippen molar-refractivity contribution < 1.29 is 4.79 Å². The Labute approximate surface area is 103 Å². The number of benzene rings is 1. The van der Waals surface area contributed by atoms with E-state index in [2.05, 4.69) is 37.9 Å². The highest BCUT2D eigenvalue weighted by Crippen LogP contribution is 2.26. The van der Waals surface area contributed by atoms with Crippen LogP contribution in [0.4, 0.5) is 5.69 Å². The van der Waals surface area contributed by atoms with Crippen LogP contribution >= 0.6 is 12.6 Å². The standard InChI is InChI=1S/C13H19NOS/c1-8-7-9(2)11(4)13(10(8)3)14-12(15)5-6-16/h7,16H,5-6H2,1-4H3,(H,14,15). The number of hydrogen-bond acceptors (Lipinski definition) is 2. The minimum absolute atomic E-state index is 0.0335. The summed E-state index contributed by atoms with van der Waals surface area (Å²) in [7, 11) is 0. The Morgan fingerprint density at radius 2 is 1.69 bits per heavy atom. The van der Waals surface area contributed by atoms with Gasteiger partial charge in [-0.15, -0.1) is 0 Å². The Hall–Kier alpha value is -0.960. The third-order valence-corrected chi connectivity index (χ3v) is 3.19. The van der Waals surface area contributed by atoms with Gasteiger partial charge in [-0.1, -0.05) is 6.07 Å². The van der Waals surface area contributed by atoms with E-state index in [4.69, 9.17) is 0 Å². The third-order valence-electron chi connectivity index (χ3n) is 2.97. The molecule has 16 heavy (non-hydrogen) atoms. The minimum Gasteiger partial charge on any atom is -0.326 e. The Balaban J connectivity index is 3.07. The van der Waals surface area contributed by atoms with Crippen molar-refractivity contribution >= 4 is 24.2 Å². The summed E-state index contributed by atoms with van der Waals surface area (Å²) >= 11 is 4.06. The molecule has 0 saturated heterocycles. The van der Waals surface area contributed by atoms with Crippen LogP contribution in [-0.4, -0.2) is 11.7 Å². The van der Waals surface area contributed by atoms with Gasteiger partial charge in [-0.3, -0.25) is 4.79 Å². The number of thiol groups is 1. The first kappa shape index (κ1) is 13.1. The fourth-order valence-electron chi connectivity index (χ4n) is 1.71. The summed E-state index contributed by atoms with van der Waals surface area (Å²) in [5.74, 6) is 0.612. The molecule has 0 aliphatic heterocycles. The fourth-order valence-corrected chi connectivity index (χ4v) is 1.91. The molecule has 0 unspecified atom stereocenters. The van der Waals surface area contributed by atoms with Gasteiger partial charge in [0.2, 0.25) is 5.91 Å². The summed E-state index contributed by atoms with van der Waals surface area (Å²) in [6, 6.07) is 2.15. The monoisotopic (exact) mass is 237 g/mol. The Bertz CT molecular complexity index is 387. The van der Waals surface area contributed by atoms with Crippen molar-refractivity contribution in [1.29, 1.82) is 0 Å². The molecule has 1 amide bonds. The number of aryl methyl sites for hydroxylation is 2. The molecule has 2 nitrogen and oxygen atoms in total. The van der Waals surface area contributed by atoms with Gasteiger partial charge < -0.3 is 5.32 Å². The second-order valence-corrected chi connectivity index (χ2v) is 4.60. The van der Waals surface area contributed by atoms with Gasteiger partial charge in [0.05, 0.1) is 0 Å². The second-order valence-electron chi connectivity index (χ2n) is 4.16. The van der Waals surface area contributed by atoms with Crippen LogP contribution in [0, 0.1) is 27.7 Å². The molecule has 0 radical (unpaired) electrons. The maximum absolute atomic E-state index is 11.6. The van der Waals surface area contributed by atoms with E-state index in [1.807, 2.05) is 13.8 Å². The van der Waals surface area contributed by atoms with Gasteiger partial charge in [0.1, 0.15) is 0 Å². The van der Waals surface area contributed by atoms with Gasteiger partial charge in [0, 0.05) is 12.1 Å². The topological polar surface area (TPSA) is 29.1 Å². The van der Waals surface area contributed by atoms with Gasteiger partial charge in [-0.25, -0.2) is 0 Å². The predicted octanol–water partition coefficient (Wildman–Crippen LogP) is 3.18. The van der Waals surface area contributed by atoms with Crippen molar-refractivity contribution in [1.82, 2.24) is 0 Å². The lowest BCUT2D eigenvalue weighted by Gasteiger charge is -2.15. The molecular weight excluding hydrogens is 218 g/mol. The predicted molar refractivity (Wildman–Crippen MR) is 72.5 cm³/mol. The Morgan fingerprint density at radius 1 is 1.19 bits per heavy atom. The molecular formula is C13H19NOS. The molecule has 88 valence electrons. The van der Waals surface area contributed by atoms with Gasteiger partial charge >= 0.3 is 0 Å². The molecule has 0 aliphatic carbocycles. The number of rotatable bonds is 3. The van der Waals surface area contributed by atoms with Crippen molar-refractivity contribution in [2.75, 3.05) is 11.1 Å². The third kappa shape index (κ3) is 2.79. The van der Waals surface area contributed by atoms with Crippen LogP contribution in [0.3, 0.4) is 0 Å². The van der Waals surface area contributed by atoms with Crippen molar-refractivity contribution in [2.24, 2.45) is 0 Å². The first-order valence-electron chi connectivity index (χ1n) is 5.45.